The maximum absolute atomic E-state index is 12.5. The lowest BCUT2D eigenvalue weighted by Crippen LogP contribution is -2.12. The molecule has 4 aromatic rings. The van der Waals surface area contributed by atoms with Crippen molar-refractivity contribution in [2.45, 2.75) is 6.42 Å². The Labute approximate surface area is 168 Å². The number of aromatic nitrogens is 4. The van der Waals surface area contributed by atoms with Gasteiger partial charge in [-0.1, -0.05) is 11.3 Å². The maximum atomic E-state index is 12.5. The van der Waals surface area contributed by atoms with E-state index in [0.717, 1.165) is 33.3 Å². The number of rotatable bonds is 4. The van der Waals surface area contributed by atoms with Crippen molar-refractivity contribution in [3.8, 4) is 26.9 Å². The van der Waals surface area contributed by atoms with Gasteiger partial charge >= 0.3 is 0 Å². The van der Waals surface area contributed by atoms with Gasteiger partial charge in [0.1, 0.15) is 21.5 Å². The Bertz CT molecular complexity index is 1160. The van der Waals surface area contributed by atoms with E-state index in [9.17, 15) is 4.79 Å². The summed E-state index contributed by atoms with van der Waals surface area (Å²) in [4.78, 5) is 21.0. The second-order valence-electron chi connectivity index (χ2n) is 6.06. The van der Waals surface area contributed by atoms with Crippen molar-refractivity contribution in [1.29, 1.82) is 0 Å². The lowest BCUT2D eigenvalue weighted by Gasteiger charge is -2.01. The second-order valence-corrected chi connectivity index (χ2v) is 7.90. The zero-order valence-corrected chi connectivity index (χ0v) is 16.1. The predicted octanol–water partition coefficient (Wildman–Crippen LogP) is 3.91. The fourth-order valence-corrected chi connectivity index (χ4v) is 4.42. The van der Waals surface area contributed by atoms with Crippen LogP contribution in [0.25, 0.3) is 21.1 Å². The summed E-state index contributed by atoms with van der Waals surface area (Å²) < 4.78 is 5.54. The molecule has 0 fully saturated rings. The van der Waals surface area contributed by atoms with Gasteiger partial charge in [0.2, 0.25) is 5.13 Å². The zero-order chi connectivity index (χ0) is 18.9. The van der Waals surface area contributed by atoms with E-state index in [4.69, 9.17) is 4.74 Å². The molecule has 3 aromatic heterocycles. The molecule has 1 amide bonds. The molecule has 1 aromatic carbocycles. The van der Waals surface area contributed by atoms with E-state index < -0.39 is 0 Å². The van der Waals surface area contributed by atoms with Gasteiger partial charge in [0.15, 0.2) is 0 Å². The van der Waals surface area contributed by atoms with Crippen molar-refractivity contribution in [2.75, 3.05) is 11.9 Å². The highest BCUT2D eigenvalue weighted by atomic mass is 32.1. The van der Waals surface area contributed by atoms with Crippen LogP contribution in [-0.4, -0.2) is 32.7 Å². The van der Waals surface area contributed by atoms with Gasteiger partial charge in [-0.15, -0.1) is 21.5 Å². The summed E-state index contributed by atoms with van der Waals surface area (Å²) in [7, 11) is 0. The summed E-state index contributed by atoms with van der Waals surface area (Å²) in [6, 6.07) is 9.70. The number of anilines is 1. The van der Waals surface area contributed by atoms with Crippen molar-refractivity contribution in [2.24, 2.45) is 0 Å². The first kappa shape index (κ1) is 17.0. The van der Waals surface area contributed by atoms with Gasteiger partial charge < -0.3 is 4.74 Å². The lowest BCUT2D eigenvalue weighted by molar-refractivity contribution is 0.102. The van der Waals surface area contributed by atoms with Gasteiger partial charge in [0.05, 0.1) is 6.61 Å². The fourth-order valence-electron chi connectivity index (χ4n) is 2.88. The van der Waals surface area contributed by atoms with Crippen LogP contribution in [-0.2, 0) is 6.42 Å². The van der Waals surface area contributed by atoms with Crippen LogP contribution in [0.1, 0.15) is 16.1 Å². The monoisotopic (exact) mass is 407 g/mol. The number of nitrogens with one attached hydrogen (secondary N) is 1. The maximum Gasteiger partial charge on any atom is 0.276 e. The SMILES string of the molecule is O=C(Nc1nnc(-c2ccncc2)s1)c1csc(-c2ccc3c(c2)CCO3)n1. The van der Waals surface area contributed by atoms with E-state index in [0.29, 0.717) is 17.4 Å². The van der Waals surface area contributed by atoms with E-state index in [1.165, 1.54) is 28.2 Å². The summed E-state index contributed by atoms with van der Waals surface area (Å²) in [5, 5.41) is 14.6. The standard InChI is InChI=1S/C19H13N5O2S2/c25-16(22-19-24-23-18(28-19)11-3-6-20-7-4-11)14-10-27-17(21-14)13-1-2-15-12(9-13)5-8-26-15/h1-4,6-7,9-10H,5,8H2,(H,22,24,25). The van der Waals surface area contributed by atoms with E-state index in [1.807, 2.05) is 24.3 Å². The quantitative estimate of drug-likeness (QED) is 0.552. The van der Waals surface area contributed by atoms with Crippen LogP contribution < -0.4 is 10.1 Å². The number of fused-ring (bicyclic) bond motifs is 1. The smallest absolute Gasteiger partial charge is 0.276 e. The Hall–Kier alpha value is -3.17. The molecular weight excluding hydrogens is 394 g/mol. The van der Waals surface area contributed by atoms with E-state index in [2.05, 4.69) is 31.5 Å². The van der Waals surface area contributed by atoms with E-state index in [-0.39, 0.29) is 5.91 Å². The van der Waals surface area contributed by atoms with Crippen LogP contribution in [0.3, 0.4) is 0 Å². The minimum Gasteiger partial charge on any atom is -0.493 e. The Kier molecular flexibility index (Phi) is 4.30. The van der Waals surface area contributed by atoms with Gasteiger partial charge in [-0.2, -0.15) is 0 Å². The Morgan fingerprint density at radius 1 is 1.07 bits per heavy atom. The average molecular weight is 407 g/mol. The second kappa shape index (κ2) is 7.10. The number of carbonyl (C=O) groups is 1. The molecule has 0 spiro atoms. The number of ether oxygens (including phenoxy) is 1. The lowest BCUT2D eigenvalue weighted by atomic mass is 10.1. The normalized spacial score (nSPS) is 12.4. The van der Waals surface area contributed by atoms with Gasteiger partial charge in [-0.3, -0.25) is 15.1 Å². The molecule has 5 rings (SSSR count). The van der Waals surface area contributed by atoms with Gasteiger partial charge in [-0.25, -0.2) is 4.98 Å². The summed E-state index contributed by atoms with van der Waals surface area (Å²) in [5.74, 6) is 0.629. The molecule has 9 heteroatoms. The molecule has 0 saturated heterocycles. The van der Waals surface area contributed by atoms with Crippen LogP contribution in [0.2, 0.25) is 0 Å². The van der Waals surface area contributed by atoms with Crippen molar-refractivity contribution in [1.82, 2.24) is 20.2 Å². The first-order valence-electron chi connectivity index (χ1n) is 8.53. The number of benzene rings is 1. The van der Waals surface area contributed by atoms with Gasteiger partial charge in [-0.05, 0) is 35.9 Å². The molecule has 1 N–H and O–H groups in total. The van der Waals surface area contributed by atoms with Crippen LogP contribution >= 0.6 is 22.7 Å². The molecule has 0 unspecified atom stereocenters. The van der Waals surface area contributed by atoms with Crippen LogP contribution in [0, 0.1) is 0 Å². The van der Waals surface area contributed by atoms with Crippen molar-refractivity contribution >= 4 is 33.7 Å². The highest BCUT2D eigenvalue weighted by molar-refractivity contribution is 7.18. The minimum atomic E-state index is -0.301. The predicted molar refractivity (Wildman–Crippen MR) is 108 cm³/mol. The Morgan fingerprint density at radius 3 is 2.86 bits per heavy atom. The Morgan fingerprint density at radius 2 is 1.96 bits per heavy atom. The number of pyridine rings is 1. The molecule has 0 saturated carbocycles. The zero-order valence-electron chi connectivity index (χ0n) is 14.5. The van der Waals surface area contributed by atoms with Crippen molar-refractivity contribution < 1.29 is 9.53 Å². The summed E-state index contributed by atoms with van der Waals surface area (Å²) >= 11 is 2.74. The molecule has 7 nitrogen and oxygen atoms in total. The van der Waals surface area contributed by atoms with Gasteiger partial charge in [0.25, 0.3) is 5.91 Å². The molecule has 0 atom stereocenters. The van der Waals surface area contributed by atoms with Crippen molar-refractivity contribution in [3.05, 3.63) is 59.4 Å². The van der Waals surface area contributed by atoms with Crippen LogP contribution in [0.5, 0.6) is 5.75 Å². The van der Waals surface area contributed by atoms with E-state index in [1.54, 1.807) is 17.8 Å². The molecule has 138 valence electrons. The first-order chi connectivity index (χ1) is 13.8. The van der Waals surface area contributed by atoms with Crippen LogP contribution in [0.4, 0.5) is 5.13 Å². The Balaban J connectivity index is 1.32. The average Bonchev–Trinajstić information content (AvgIpc) is 3.48. The minimum absolute atomic E-state index is 0.301. The molecule has 28 heavy (non-hydrogen) atoms. The number of hydrogen-bond acceptors (Lipinski definition) is 8. The number of thiazole rings is 1. The summed E-state index contributed by atoms with van der Waals surface area (Å²) in [5.41, 5.74) is 3.43. The first-order valence-corrected chi connectivity index (χ1v) is 10.2. The van der Waals surface area contributed by atoms with E-state index >= 15 is 0 Å². The number of amides is 1. The molecule has 0 bridgehead atoms. The molecule has 0 aliphatic carbocycles. The largest absolute Gasteiger partial charge is 0.493 e. The highest BCUT2D eigenvalue weighted by Crippen LogP contribution is 2.32. The third kappa shape index (κ3) is 3.25. The topological polar surface area (TPSA) is 89.9 Å². The highest BCUT2D eigenvalue weighted by Gasteiger charge is 2.17. The number of nitrogens with zero attached hydrogens (tertiary/aromatic N) is 4. The molecule has 0 radical (unpaired) electrons. The van der Waals surface area contributed by atoms with Crippen LogP contribution in [0.15, 0.2) is 48.1 Å². The molecule has 1 aliphatic rings. The molecular formula is C19H13N5O2S2. The summed E-state index contributed by atoms with van der Waals surface area (Å²) in [6.45, 7) is 0.716. The molecule has 1 aliphatic heterocycles. The third-order valence-electron chi connectivity index (χ3n) is 4.25. The summed E-state index contributed by atoms with van der Waals surface area (Å²) in [6.07, 6.45) is 4.28. The van der Waals surface area contributed by atoms with Gasteiger partial charge in [0, 0.05) is 35.3 Å². The molecule has 4 heterocycles. The number of carbonyl (C=O) groups excluding carboxylic acids is 1. The van der Waals surface area contributed by atoms with Crippen molar-refractivity contribution in [3.63, 3.8) is 0 Å². The number of hydrogen-bond donors (Lipinski definition) is 1. The third-order valence-corrected chi connectivity index (χ3v) is 6.03. The fraction of sp³-hybridized carbons (Fsp3) is 0.105.